The largest absolute Gasteiger partial charge is 0.345 e. The first kappa shape index (κ1) is 28.2. The molecule has 3 aliphatic rings. The van der Waals surface area contributed by atoms with E-state index in [9.17, 15) is 14.0 Å². The number of carbonyl (C=O) groups excluding carboxylic acids is 2. The fourth-order valence-corrected chi connectivity index (χ4v) is 7.16. The summed E-state index contributed by atoms with van der Waals surface area (Å²) < 4.78 is 13.4. The maximum atomic E-state index is 13.6. The maximum Gasteiger partial charge on any atom is 0.253 e. The maximum absolute atomic E-state index is 13.6. The number of amides is 2. The van der Waals surface area contributed by atoms with Gasteiger partial charge in [-0.1, -0.05) is 47.5 Å². The summed E-state index contributed by atoms with van der Waals surface area (Å²) in [6.45, 7) is 4.21. The molecule has 41 heavy (non-hydrogen) atoms. The number of hydrogen-bond donors (Lipinski definition) is 1. The zero-order chi connectivity index (χ0) is 28.6. The van der Waals surface area contributed by atoms with Crippen LogP contribution in [-0.4, -0.2) is 47.8 Å². The lowest BCUT2D eigenvalue weighted by atomic mass is 9.71. The molecule has 1 aliphatic carbocycles. The number of piperidine rings is 2. The molecule has 3 aromatic rings. The second kappa shape index (κ2) is 11.7. The monoisotopic (exact) mass is 593 g/mol. The molecule has 3 aromatic carbocycles. The molecule has 0 radical (unpaired) electrons. The average molecular weight is 595 g/mol. The van der Waals surface area contributed by atoms with Gasteiger partial charge in [-0.25, -0.2) is 4.39 Å². The van der Waals surface area contributed by atoms with Gasteiger partial charge in [0.1, 0.15) is 5.82 Å². The SMILES string of the molecule is O=C(NC1CCc2ccc(C(=O)N3CCC4(CCN(Cc5ccc(F)cc5Cl)CC4)CC3)cc21)c1ccccc1Cl. The van der Waals surface area contributed by atoms with Crippen molar-refractivity contribution in [3.63, 3.8) is 0 Å². The quantitative estimate of drug-likeness (QED) is 0.344. The Labute approximate surface area is 250 Å². The number of nitrogens with one attached hydrogen (secondary N) is 1. The van der Waals surface area contributed by atoms with Crippen molar-refractivity contribution in [1.82, 2.24) is 15.1 Å². The lowest BCUT2D eigenvalue weighted by molar-refractivity contribution is 0.0285. The molecule has 1 atom stereocenters. The molecule has 6 rings (SSSR count). The number of benzene rings is 3. The molecule has 0 aromatic heterocycles. The minimum Gasteiger partial charge on any atom is -0.345 e. The Bertz CT molecular complexity index is 1460. The summed E-state index contributed by atoms with van der Waals surface area (Å²) in [6, 6.07) is 17.5. The van der Waals surface area contributed by atoms with Gasteiger partial charge in [0.05, 0.1) is 16.6 Å². The second-order valence-electron chi connectivity index (χ2n) is 11.8. The first-order chi connectivity index (χ1) is 19.8. The second-order valence-corrected chi connectivity index (χ2v) is 12.6. The van der Waals surface area contributed by atoms with Crippen molar-refractivity contribution in [1.29, 1.82) is 0 Å². The number of nitrogens with zero attached hydrogens (tertiary/aromatic N) is 2. The van der Waals surface area contributed by atoms with E-state index in [-0.39, 0.29) is 29.1 Å². The Morgan fingerprint density at radius 1 is 0.902 bits per heavy atom. The highest BCUT2D eigenvalue weighted by atomic mass is 35.5. The summed E-state index contributed by atoms with van der Waals surface area (Å²) in [4.78, 5) is 30.8. The number of rotatable bonds is 5. The molecule has 1 unspecified atom stereocenters. The zero-order valence-corrected chi connectivity index (χ0v) is 24.5. The molecular formula is C33H34Cl2FN3O2. The summed E-state index contributed by atoms with van der Waals surface area (Å²) >= 11 is 12.5. The molecule has 8 heteroatoms. The predicted molar refractivity (Wildman–Crippen MR) is 160 cm³/mol. The molecule has 2 heterocycles. The van der Waals surface area contributed by atoms with Gasteiger partial charge in [-0.2, -0.15) is 0 Å². The third kappa shape index (κ3) is 6.01. The van der Waals surface area contributed by atoms with Crippen LogP contribution in [0.25, 0.3) is 0 Å². The van der Waals surface area contributed by atoms with Crippen LogP contribution in [0.2, 0.25) is 10.0 Å². The Balaban J connectivity index is 1.05. The highest BCUT2D eigenvalue weighted by molar-refractivity contribution is 6.33. The summed E-state index contributed by atoms with van der Waals surface area (Å²) in [6.07, 6.45) is 5.88. The predicted octanol–water partition coefficient (Wildman–Crippen LogP) is 7.07. The van der Waals surface area contributed by atoms with Crippen LogP contribution in [0.1, 0.15) is 75.6 Å². The molecule has 5 nitrogen and oxygen atoms in total. The number of halogens is 3. The van der Waals surface area contributed by atoms with Crippen LogP contribution in [-0.2, 0) is 13.0 Å². The van der Waals surface area contributed by atoms with Crippen LogP contribution >= 0.6 is 23.2 Å². The molecule has 2 saturated heterocycles. The topological polar surface area (TPSA) is 52.7 Å². The fourth-order valence-electron chi connectivity index (χ4n) is 6.71. The smallest absolute Gasteiger partial charge is 0.253 e. The summed E-state index contributed by atoms with van der Waals surface area (Å²) in [7, 11) is 0. The van der Waals surface area contributed by atoms with Crippen molar-refractivity contribution < 1.29 is 14.0 Å². The molecule has 2 aliphatic heterocycles. The summed E-state index contributed by atoms with van der Waals surface area (Å²) in [5.41, 5.74) is 4.58. The van der Waals surface area contributed by atoms with Crippen LogP contribution in [0.3, 0.4) is 0 Å². The number of fused-ring (bicyclic) bond motifs is 1. The van der Waals surface area contributed by atoms with Gasteiger partial charge in [-0.05, 0) is 110 Å². The molecular weight excluding hydrogens is 560 g/mol. The van der Waals surface area contributed by atoms with E-state index in [2.05, 4.69) is 10.2 Å². The molecule has 2 fully saturated rings. The number of hydrogen-bond acceptors (Lipinski definition) is 3. The van der Waals surface area contributed by atoms with Crippen LogP contribution in [0.15, 0.2) is 60.7 Å². The highest BCUT2D eigenvalue weighted by Crippen LogP contribution is 2.42. The molecule has 1 spiro atoms. The Morgan fingerprint density at radius 3 is 2.37 bits per heavy atom. The fraction of sp³-hybridized carbons (Fsp3) is 0.394. The van der Waals surface area contributed by atoms with E-state index in [1.54, 1.807) is 30.3 Å². The molecule has 1 N–H and O–H groups in total. The molecule has 214 valence electrons. The minimum atomic E-state index is -0.308. The van der Waals surface area contributed by atoms with Crippen molar-refractivity contribution in [3.8, 4) is 0 Å². The molecule has 0 bridgehead atoms. The molecule has 0 saturated carbocycles. The van der Waals surface area contributed by atoms with Gasteiger partial charge in [0.15, 0.2) is 0 Å². The Kier molecular flexibility index (Phi) is 8.08. The number of likely N-dealkylation sites (tertiary alicyclic amines) is 2. The Hall–Kier alpha value is -2.93. The van der Waals surface area contributed by atoms with Crippen molar-refractivity contribution >= 4 is 35.0 Å². The van der Waals surface area contributed by atoms with E-state index < -0.39 is 0 Å². The number of aryl methyl sites for hydroxylation is 1. The van der Waals surface area contributed by atoms with Gasteiger partial charge in [0.25, 0.3) is 11.8 Å². The third-order valence-corrected chi connectivity index (χ3v) is 10.0. The lowest BCUT2D eigenvalue weighted by Crippen LogP contribution is -2.48. The van der Waals surface area contributed by atoms with E-state index in [0.717, 1.165) is 82.4 Å². The normalized spacial score (nSPS) is 20.2. The van der Waals surface area contributed by atoms with Gasteiger partial charge < -0.3 is 10.2 Å². The van der Waals surface area contributed by atoms with Crippen molar-refractivity contribution in [2.24, 2.45) is 5.41 Å². The third-order valence-electron chi connectivity index (χ3n) is 9.33. The van der Waals surface area contributed by atoms with Crippen molar-refractivity contribution in [2.75, 3.05) is 26.2 Å². The average Bonchev–Trinajstić information content (AvgIpc) is 3.37. The number of carbonyl (C=O) groups is 2. The lowest BCUT2D eigenvalue weighted by Gasteiger charge is -2.47. The summed E-state index contributed by atoms with van der Waals surface area (Å²) in [5, 5.41) is 4.04. The van der Waals surface area contributed by atoms with E-state index >= 15 is 0 Å². The van der Waals surface area contributed by atoms with Gasteiger partial charge in [-0.3, -0.25) is 14.5 Å². The zero-order valence-electron chi connectivity index (χ0n) is 23.0. The molecule has 2 amide bonds. The van der Waals surface area contributed by atoms with Crippen LogP contribution in [0.5, 0.6) is 0 Å². The van der Waals surface area contributed by atoms with E-state index in [4.69, 9.17) is 23.2 Å². The van der Waals surface area contributed by atoms with E-state index in [1.807, 2.05) is 23.1 Å². The standard InChI is InChI=1S/C33H34Cl2FN3O2/c34-28-4-2-1-3-26(28)31(40)37-30-10-8-22-5-6-23(19-27(22)30)32(41)39-17-13-33(14-18-39)11-15-38(16-12-33)21-24-7-9-25(36)20-29(24)35/h1-7,9,19-20,30H,8,10-18,21H2,(H,37,40). The van der Waals surface area contributed by atoms with Gasteiger partial charge in [0.2, 0.25) is 0 Å². The first-order valence-corrected chi connectivity index (χ1v) is 15.2. The van der Waals surface area contributed by atoms with Crippen LogP contribution in [0.4, 0.5) is 4.39 Å². The van der Waals surface area contributed by atoms with E-state index in [1.165, 1.54) is 17.7 Å². The first-order valence-electron chi connectivity index (χ1n) is 14.4. The highest BCUT2D eigenvalue weighted by Gasteiger charge is 2.39. The van der Waals surface area contributed by atoms with Gasteiger partial charge in [-0.15, -0.1) is 0 Å². The van der Waals surface area contributed by atoms with Gasteiger partial charge >= 0.3 is 0 Å². The van der Waals surface area contributed by atoms with Crippen molar-refractivity contribution in [3.05, 3.63) is 104 Å². The van der Waals surface area contributed by atoms with Crippen LogP contribution < -0.4 is 5.32 Å². The van der Waals surface area contributed by atoms with Gasteiger partial charge in [0, 0.05) is 30.2 Å². The summed E-state index contributed by atoms with van der Waals surface area (Å²) in [5.74, 6) is -0.440. The minimum absolute atomic E-state index is 0.0640. The van der Waals surface area contributed by atoms with E-state index in [0.29, 0.717) is 21.2 Å². The Morgan fingerprint density at radius 2 is 1.63 bits per heavy atom. The van der Waals surface area contributed by atoms with Crippen molar-refractivity contribution in [2.45, 2.75) is 51.1 Å². The van der Waals surface area contributed by atoms with Crippen LogP contribution in [0, 0.1) is 11.2 Å².